The van der Waals surface area contributed by atoms with Crippen LogP contribution in [-0.2, 0) is 14.6 Å². The second-order valence-corrected chi connectivity index (χ2v) is 7.21. The number of nitrogens with one attached hydrogen (secondary N) is 1. The number of ether oxygens (including phenoxy) is 1. The van der Waals surface area contributed by atoms with Crippen LogP contribution < -0.4 is 10.2 Å². The first-order valence-corrected chi connectivity index (χ1v) is 8.44. The highest BCUT2D eigenvalue weighted by Gasteiger charge is 2.28. The quantitative estimate of drug-likeness (QED) is 0.783. The lowest BCUT2D eigenvalue weighted by Crippen LogP contribution is -2.37. The van der Waals surface area contributed by atoms with Gasteiger partial charge in [-0.3, -0.25) is 0 Å². The third-order valence-corrected chi connectivity index (χ3v) is 5.19. The zero-order valence-corrected chi connectivity index (χ0v) is 11.8. The Morgan fingerprint density at radius 3 is 2.85 bits per heavy atom. The second kappa shape index (κ2) is 5.49. The van der Waals surface area contributed by atoms with E-state index in [4.69, 9.17) is 4.74 Å². The topological polar surface area (TPSA) is 97.3 Å². The van der Waals surface area contributed by atoms with Gasteiger partial charge in [-0.15, -0.1) is 5.10 Å². The Bertz CT molecular complexity index is 573. The minimum Gasteiger partial charge on any atom is -0.378 e. The summed E-state index contributed by atoms with van der Waals surface area (Å²) in [5, 5.41) is 11.1. The van der Waals surface area contributed by atoms with Crippen molar-refractivity contribution in [1.29, 1.82) is 0 Å². The Kier molecular flexibility index (Phi) is 3.70. The van der Waals surface area contributed by atoms with Gasteiger partial charge in [0.05, 0.1) is 30.9 Å². The van der Waals surface area contributed by atoms with Crippen LogP contribution in [0.4, 0.5) is 11.8 Å². The molecule has 1 atom stereocenters. The van der Waals surface area contributed by atoms with Gasteiger partial charge >= 0.3 is 0 Å². The van der Waals surface area contributed by atoms with Crippen LogP contribution in [0.5, 0.6) is 0 Å². The number of hydrogen-bond acceptors (Lipinski definition) is 8. The molecule has 2 saturated heterocycles. The Morgan fingerprint density at radius 1 is 1.35 bits per heavy atom. The van der Waals surface area contributed by atoms with Gasteiger partial charge in [0, 0.05) is 19.1 Å². The summed E-state index contributed by atoms with van der Waals surface area (Å²) >= 11 is 0. The molecule has 2 aliphatic rings. The van der Waals surface area contributed by atoms with Crippen molar-refractivity contribution in [2.45, 2.75) is 12.5 Å². The summed E-state index contributed by atoms with van der Waals surface area (Å²) in [4.78, 5) is 6.41. The summed E-state index contributed by atoms with van der Waals surface area (Å²) in [5.41, 5.74) is 0. The van der Waals surface area contributed by atoms with Crippen molar-refractivity contribution in [3.05, 3.63) is 6.20 Å². The van der Waals surface area contributed by atoms with E-state index >= 15 is 0 Å². The molecule has 0 bridgehead atoms. The summed E-state index contributed by atoms with van der Waals surface area (Å²) in [7, 11) is -2.90. The predicted molar refractivity (Wildman–Crippen MR) is 73.5 cm³/mol. The lowest BCUT2D eigenvalue weighted by Gasteiger charge is -2.26. The van der Waals surface area contributed by atoms with E-state index in [-0.39, 0.29) is 17.5 Å². The van der Waals surface area contributed by atoms with Crippen molar-refractivity contribution in [2.75, 3.05) is 48.0 Å². The SMILES string of the molecule is O=S1(=O)CCC(Nc2cnnc(N3CCOCC3)n2)C1. The van der Waals surface area contributed by atoms with Gasteiger partial charge in [-0.1, -0.05) is 0 Å². The normalized spacial score (nSPS) is 25.6. The Labute approximate surface area is 117 Å². The molecule has 9 heteroatoms. The minimum absolute atomic E-state index is 0.0887. The maximum atomic E-state index is 11.4. The van der Waals surface area contributed by atoms with Gasteiger partial charge in [-0.05, 0) is 6.42 Å². The molecule has 0 aromatic carbocycles. The van der Waals surface area contributed by atoms with Crippen molar-refractivity contribution in [3.63, 3.8) is 0 Å². The molecule has 3 heterocycles. The molecular formula is C11H17N5O3S. The average Bonchev–Trinajstić information content (AvgIpc) is 2.79. The lowest BCUT2D eigenvalue weighted by atomic mass is 10.3. The number of aromatic nitrogens is 3. The highest BCUT2D eigenvalue weighted by molar-refractivity contribution is 7.91. The Hall–Kier alpha value is -1.48. The molecule has 0 spiro atoms. The molecule has 1 aromatic heterocycles. The van der Waals surface area contributed by atoms with E-state index in [1.807, 2.05) is 4.90 Å². The zero-order chi connectivity index (χ0) is 14.0. The standard InChI is InChI=1S/C11H17N5O3S/c17-20(18)6-1-9(8-20)13-10-7-12-15-11(14-10)16-2-4-19-5-3-16/h7,9H,1-6,8H2,(H,13,14,15). The van der Waals surface area contributed by atoms with Crippen molar-refractivity contribution < 1.29 is 13.2 Å². The van der Waals surface area contributed by atoms with Gasteiger partial charge in [-0.25, -0.2) is 8.42 Å². The van der Waals surface area contributed by atoms with Crippen LogP contribution in [0.15, 0.2) is 6.20 Å². The van der Waals surface area contributed by atoms with E-state index in [0.717, 1.165) is 13.1 Å². The molecule has 0 saturated carbocycles. The van der Waals surface area contributed by atoms with Gasteiger partial charge in [-0.2, -0.15) is 10.1 Å². The number of anilines is 2. The van der Waals surface area contributed by atoms with Crippen molar-refractivity contribution in [1.82, 2.24) is 15.2 Å². The minimum atomic E-state index is -2.90. The van der Waals surface area contributed by atoms with Gasteiger partial charge in [0.25, 0.3) is 0 Å². The molecule has 1 unspecified atom stereocenters. The number of sulfone groups is 1. The summed E-state index contributed by atoms with van der Waals surface area (Å²) in [6.45, 7) is 2.79. The molecule has 3 rings (SSSR count). The molecular weight excluding hydrogens is 282 g/mol. The lowest BCUT2D eigenvalue weighted by molar-refractivity contribution is 0.122. The molecule has 110 valence electrons. The summed E-state index contributed by atoms with van der Waals surface area (Å²) in [6, 6.07) is -0.0887. The van der Waals surface area contributed by atoms with Crippen LogP contribution in [0.25, 0.3) is 0 Å². The molecule has 2 fully saturated rings. The van der Waals surface area contributed by atoms with E-state index < -0.39 is 9.84 Å². The second-order valence-electron chi connectivity index (χ2n) is 4.99. The molecule has 1 aromatic rings. The van der Waals surface area contributed by atoms with Crippen molar-refractivity contribution in [3.8, 4) is 0 Å². The van der Waals surface area contributed by atoms with Gasteiger partial charge in [0.1, 0.15) is 0 Å². The van der Waals surface area contributed by atoms with E-state index in [1.165, 1.54) is 6.20 Å². The molecule has 8 nitrogen and oxygen atoms in total. The Morgan fingerprint density at radius 2 is 2.15 bits per heavy atom. The van der Waals surface area contributed by atoms with Crippen LogP contribution in [0.3, 0.4) is 0 Å². The number of rotatable bonds is 3. The fourth-order valence-electron chi connectivity index (χ4n) is 2.38. The van der Waals surface area contributed by atoms with Gasteiger partial charge in [0.2, 0.25) is 5.95 Å². The van der Waals surface area contributed by atoms with Crippen LogP contribution >= 0.6 is 0 Å². The fraction of sp³-hybridized carbons (Fsp3) is 0.727. The monoisotopic (exact) mass is 299 g/mol. The maximum Gasteiger partial charge on any atom is 0.247 e. The predicted octanol–water partition coefficient (Wildman–Crippen LogP) is -0.693. The maximum absolute atomic E-state index is 11.4. The molecule has 2 aliphatic heterocycles. The molecule has 20 heavy (non-hydrogen) atoms. The zero-order valence-electron chi connectivity index (χ0n) is 11.0. The van der Waals surface area contributed by atoms with Crippen LogP contribution in [0.1, 0.15) is 6.42 Å². The van der Waals surface area contributed by atoms with Crippen molar-refractivity contribution in [2.24, 2.45) is 0 Å². The first-order chi connectivity index (χ1) is 9.62. The number of morpholine rings is 1. The number of hydrogen-bond donors (Lipinski definition) is 1. The molecule has 0 radical (unpaired) electrons. The average molecular weight is 299 g/mol. The Balaban J connectivity index is 1.68. The molecule has 0 amide bonds. The third-order valence-electron chi connectivity index (χ3n) is 3.43. The van der Waals surface area contributed by atoms with E-state index in [1.54, 1.807) is 0 Å². The highest BCUT2D eigenvalue weighted by Crippen LogP contribution is 2.17. The fourth-order valence-corrected chi connectivity index (χ4v) is 4.05. The highest BCUT2D eigenvalue weighted by atomic mass is 32.2. The molecule has 0 aliphatic carbocycles. The largest absolute Gasteiger partial charge is 0.378 e. The first-order valence-electron chi connectivity index (χ1n) is 6.62. The summed E-state index contributed by atoms with van der Waals surface area (Å²) in [6.07, 6.45) is 2.13. The van der Waals surface area contributed by atoms with E-state index in [9.17, 15) is 8.42 Å². The van der Waals surface area contributed by atoms with E-state index in [0.29, 0.717) is 31.4 Å². The number of nitrogens with zero attached hydrogens (tertiary/aromatic N) is 4. The van der Waals surface area contributed by atoms with Gasteiger partial charge in [0.15, 0.2) is 15.7 Å². The first kappa shape index (κ1) is 13.5. The smallest absolute Gasteiger partial charge is 0.247 e. The summed E-state index contributed by atoms with van der Waals surface area (Å²) in [5.74, 6) is 1.52. The third kappa shape index (κ3) is 3.15. The summed E-state index contributed by atoms with van der Waals surface area (Å²) < 4.78 is 28.2. The van der Waals surface area contributed by atoms with Crippen LogP contribution in [-0.4, -0.2) is 67.4 Å². The molecule has 1 N–H and O–H groups in total. The van der Waals surface area contributed by atoms with Crippen molar-refractivity contribution >= 4 is 21.6 Å². The van der Waals surface area contributed by atoms with Crippen LogP contribution in [0, 0.1) is 0 Å². The van der Waals surface area contributed by atoms with Gasteiger partial charge < -0.3 is 15.0 Å². The van der Waals surface area contributed by atoms with Crippen LogP contribution in [0.2, 0.25) is 0 Å². The van der Waals surface area contributed by atoms with E-state index in [2.05, 4.69) is 20.5 Å².